The second-order valence-electron chi connectivity index (χ2n) is 7.87. The van der Waals surface area contributed by atoms with Crippen LogP contribution in [0.15, 0.2) is 36.5 Å². The second-order valence-corrected chi connectivity index (χ2v) is 7.87. The molecule has 3 rings (SSSR count). The van der Waals surface area contributed by atoms with Gasteiger partial charge in [0.2, 0.25) is 0 Å². The predicted molar refractivity (Wildman–Crippen MR) is 123 cm³/mol. The number of amides is 2. The molecule has 1 aliphatic heterocycles. The van der Waals surface area contributed by atoms with Gasteiger partial charge in [0.25, 0.3) is 5.91 Å². The van der Waals surface area contributed by atoms with E-state index in [0.29, 0.717) is 19.6 Å². The predicted octanol–water partition coefficient (Wildman–Crippen LogP) is 2.96. The fraction of sp³-hybridized carbons (Fsp3) is 0.435. The summed E-state index contributed by atoms with van der Waals surface area (Å²) in [7, 11) is 1.50. The van der Waals surface area contributed by atoms with Crippen molar-refractivity contribution in [3.63, 3.8) is 0 Å². The van der Waals surface area contributed by atoms with Gasteiger partial charge in [0.15, 0.2) is 11.6 Å². The van der Waals surface area contributed by atoms with E-state index in [4.69, 9.17) is 9.57 Å². The van der Waals surface area contributed by atoms with Crippen LogP contribution in [0.5, 0.6) is 0 Å². The van der Waals surface area contributed by atoms with Crippen LogP contribution < -0.4 is 15.1 Å². The van der Waals surface area contributed by atoms with Crippen molar-refractivity contribution < 1.29 is 36.7 Å². The molecule has 0 unspecified atom stereocenters. The molecule has 2 aromatic rings. The molecular formula is C23H27F4N5O4. The van der Waals surface area contributed by atoms with Crippen molar-refractivity contribution in [3.05, 3.63) is 53.9 Å². The fourth-order valence-corrected chi connectivity index (χ4v) is 3.71. The number of rotatable bonds is 12. The maximum atomic E-state index is 15.1. The number of carbonyl (C=O) groups is 2. The first-order valence-electron chi connectivity index (χ1n) is 11.2. The quantitative estimate of drug-likeness (QED) is 0.345. The number of alkyl halides is 2. The van der Waals surface area contributed by atoms with Crippen molar-refractivity contribution in [3.8, 4) is 0 Å². The molecule has 36 heavy (non-hydrogen) atoms. The van der Waals surface area contributed by atoms with Gasteiger partial charge in [0, 0.05) is 38.0 Å². The monoisotopic (exact) mass is 513 g/mol. The highest BCUT2D eigenvalue weighted by Gasteiger charge is 2.34. The van der Waals surface area contributed by atoms with E-state index in [-0.39, 0.29) is 31.0 Å². The van der Waals surface area contributed by atoms with Gasteiger partial charge < -0.3 is 19.8 Å². The summed E-state index contributed by atoms with van der Waals surface area (Å²) in [6.45, 7) is 2.47. The standard InChI is InChI=1S/C23H27F4N5O4/c1-3-30(8-9-31(35-2)13-15-6-4-5-7-28-15)20-18(24)10-16(11-19(20)25)32-14-17(36-23(32)34)12-29-22(33)21(26)27/h4-7,10-11,17,21H,3,8-9,12-14H2,1-2H3,(H,29,33)/t17-/m0/s1. The Hall–Kier alpha value is -3.45. The summed E-state index contributed by atoms with van der Waals surface area (Å²) in [5, 5.41) is 3.56. The lowest BCUT2D eigenvalue weighted by atomic mass is 10.2. The number of anilines is 2. The molecule has 9 nitrogen and oxygen atoms in total. The third-order valence-corrected chi connectivity index (χ3v) is 5.53. The molecule has 1 atom stereocenters. The molecule has 1 aromatic carbocycles. The number of cyclic esters (lactones) is 1. The summed E-state index contributed by atoms with van der Waals surface area (Å²) in [4.78, 5) is 35.3. The van der Waals surface area contributed by atoms with Gasteiger partial charge >= 0.3 is 12.5 Å². The van der Waals surface area contributed by atoms with E-state index in [1.165, 1.54) is 12.0 Å². The molecular weight excluding hydrogens is 486 g/mol. The highest BCUT2D eigenvalue weighted by molar-refractivity contribution is 5.90. The van der Waals surface area contributed by atoms with Crippen LogP contribution >= 0.6 is 0 Å². The van der Waals surface area contributed by atoms with Crippen molar-refractivity contribution in [1.82, 2.24) is 15.4 Å². The Bertz CT molecular complexity index is 1020. The van der Waals surface area contributed by atoms with Crippen molar-refractivity contribution in [2.45, 2.75) is 26.0 Å². The fourth-order valence-electron chi connectivity index (χ4n) is 3.71. The minimum Gasteiger partial charge on any atom is -0.442 e. The number of nitrogens with one attached hydrogen (secondary N) is 1. The van der Waals surface area contributed by atoms with Crippen molar-refractivity contribution >= 4 is 23.4 Å². The van der Waals surface area contributed by atoms with Gasteiger partial charge in [0.05, 0.1) is 38.1 Å². The Morgan fingerprint density at radius 2 is 2.00 bits per heavy atom. The number of halogens is 4. The molecule has 1 aromatic heterocycles. The highest BCUT2D eigenvalue weighted by atomic mass is 19.3. The number of nitrogens with zero attached hydrogens (tertiary/aromatic N) is 4. The molecule has 1 aliphatic rings. The summed E-state index contributed by atoms with van der Waals surface area (Å²) < 4.78 is 59.8. The van der Waals surface area contributed by atoms with Crippen molar-refractivity contribution in [2.75, 3.05) is 49.6 Å². The zero-order valence-corrected chi connectivity index (χ0v) is 19.8. The third-order valence-electron chi connectivity index (χ3n) is 5.53. The number of ether oxygens (including phenoxy) is 1. The summed E-state index contributed by atoms with van der Waals surface area (Å²) in [5.41, 5.74) is 0.420. The van der Waals surface area contributed by atoms with Gasteiger partial charge in [-0.25, -0.2) is 13.6 Å². The number of likely N-dealkylation sites (N-methyl/N-ethyl adjacent to an activating group) is 1. The Balaban J connectivity index is 1.66. The normalized spacial score (nSPS) is 15.5. The molecule has 2 heterocycles. The number of carbonyl (C=O) groups excluding carboxylic acids is 2. The molecule has 13 heteroatoms. The van der Waals surface area contributed by atoms with E-state index in [9.17, 15) is 18.4 Å². The third kappa shape index (κ3) is 6.82. The lowest BCUT2D eigenvalue weighted by Crippen LogP contribution is -2.37. The second kappa shape index (κ2) is 12.5. The van der Waals surface area contributed by atoms with Crippen LogP contribution in [0.25, 0.3) is 0 Å². The molecule has 1 fully saturated rings. The van der Waals surface area contributed by atoms with E-state index in [0.717, 1.165) is 22.7 Å². The summed E-state index contributed by atoms with van der Waals surface area (Å²) in [5.74, 6) is -3.27. The molecule has 0 aliphatic carbocycles. The Morgan fingerprint density at radius 1 is 1.28 bits per heavy atom. The molecule has 0 spiro atoms. The summed E-state index contributed by atoms with van der Waals surface area (Å²) in [6.07, 6.45) is -3.40. The van der Waals surface area contributed by atoms with E-state index in [1.807, 2.05) is 17.4 Å². The maximum Gasteiger partial charge on any atom is 0.414 e. The Morgan fingerprint density at radius 3 is 2.58 bits per heavy atom. The average molecular weight is 513 g/mol. The van der Waals surface area contributed by atoms with Crippen LogP contribution in [0.1, 0.15) is 12.6 Å². The minimum atomic E-state index is -3.21. The Kier molecular flexibility index (Phi) is 9.42. The van der Waals surface area contributed by atoms with E-state index in [1.54, 1.807) is 24.3 Å². The smallest absolute Gasteiger partial charge is 0.414 e. The first kappa shape index (κ1) is 27.1. The number of benzene rings is 1. The number of hydrogen-bond acceptors (Lipinski definition) is 7. The molecule has 1 N–H and O–H groups in total. The molecule has 0 bridgehead atoms. The Labute approximate surface area is 205 Å². The van der Waals surface area contributed by atoms with E-state index < -0.39 is 36.2 Å². The van der Waals surface area contributed by atoms with Crippen molar-refractivity contribution in [2.24, 2.45) is 0 Å². The van der Waals surface area contributed by atoms with Gasteiger partial charge in [0.1, 0.15) is 11.8 Å². The topological polar surface area (TPSA) is 87.2 Å². The molecule has 2 amide bonds. The lowest BCUT2D eigenvalue weighted by Gasteiger charge is -2.28. The zero-order chi connectivity index (χ0) is 26.2. The first-order chi connectivity index (χ1) is 17.2. The van der Waals surface area contributed by atoms with Gasteiger partial charge in [-0.1, -0.05) is 6.07 Å². The number of hydrogen-bond donors (Lipinski definition) is 1. The lowest BCUT2D eigenvalue weighted by molar-refractivity contribution is -0.137. The van der Waals surface area contributed by atoms with Crippen LogP contribution in [0.3, 0.4) is 0 Å². The average Bonchev–Trinajstić information content (AvgIpc) is 3.23. The van der Waals surface area contributed by atoms with Crippen LogP contribution in [-0.4, -0.2) is 74.4 Å². The van der Waals surface area contributed by atoms with Crippen LogP contribution in [-0.2, 0) is 20.9 Å². The number of hydroxylamine groups is 2. The van der Waals surface area contributed by atoms with E-state index >= 15 is 8.78 Å². The SMILES string of the molecule is CCN(CCN(Cc1ccccn1)OC)c1c(F)cc(N2C[C@H](CNC(=O)C(F)F)OC2=O)cc1F. The van der Waals surface area contributed by atoms with E-state index in [2.05, 4.69) is 4.98 Å². The maximum absolute atomic E-state index is 15.1. The van der Waals surface area contributed by atoms with Gasteiger partial charge in [-0.2, -0.15) is 13.8 Å². The summed E-state index contributed by atoms with van der Waals surface area (Å²) in [6, 6.07) is 7.48. The highest BCUT2D eigenvalue weighted by Crippen LogP contribution is 2.31. The van der Waals surface area contributed by atoms with Gasteiger partial charge in [-0.05, 0) is 19.1 Å². The minimum absolute atomic E-state index is 0.0915. The summed E-state index contributed by atoms with van der Waals surface area (Å²) >= 11 is 0. The largest absolute Gasteiger partial charge is 0.442 e. The number of aromatic nitrogens is 1. The zero-order valence-electron chi connectivity index (χ0n) is 19.8. The first-order valence-corrected chi connectivity index (χ1v) is 11.2. The van der Waals surface area contributed by atoms with Crippen molar-refractivity contribution in [1.29, 1.82) is 0 Å². The number of pyridine rings is 1. The molecule has 1 saturated heterocycles. The van der Waals surface area contributed by atoms with Crippen LogP contribution in [0, 0.1) is 11.6 Å². The molecule has 196 valence electrons. The molecule has 0 radical (unpaired) electrons. The van der Waals surface area contributed by atoms with Gasteiger partial charge in [-0.3, -0.25) is 14.7 Å². The van der Waals surface area contributed by atoms with Crippen LogP contribution in [0.4, 0.5) is 33.7 Å². The van der Waals surface area contributed by atoms with Crippen LogP contribution in [0.2, 0.25) is 0 Å². The molecule has 0 saturated carbocycles. The van der Waals surface area contributed by atoms with Gasteiger partial charge in [-0.15, -0.1) is 0 Å².